The summed E-state index contributed by atoms with van der Waals surface area (Å²) >= 11 is 0. The number of nitrogens with zero attached hydrogens (tertiary/aromatic N) is 2. The highest BCUT2D eigenvalue weighted by Gasteiger charge is 2.32. The van der Waals surface area contributed by atoms with Gasteiger partial charge in [-0.05, 0) is 90.1 Å². The molecule has 0 saturated heterocycles. The number of anilines is 1. The minimum atomic E-state index is -3.80. The van der Waals surface area contributed by atoms with Gasteiger partial charge in [-0.3, -0.25) is 14.4 Å². The van der Waals surface area contributed by atoms with Crippen molar-refractivity contribution in [2.75, 3.05) is 45.3 Å². The summed E-state index contributed by atoms with van der Waals surface area (Å²) in [6.45, 7) is 9.95. The lowest BCUT2D eigenvalue weighted by atomic mass is 10.0. The molecule has 2 amide bonds. The van der Waals surface area contributed by atoms with Gasteiger partial charge in [0, 0.05) is 51.2 Å². The SMILES string of the molecule is CCOC(=O)CCCCCC(=O)Nc1ccc2c(c1)C(=O)N([C@H](C)CO)C[C@@H](C)[C@@H](CN(C)S(=O)(=O)c1ccc(C)cc1)OCCCC[C@H](C)O2. The van der Waals surface area contributed by atoms with Gasteiger partial charge in [0.15, 0.2) is 0 Å². The first-order valence-electron chi connectivity index (χ1n) is 18.1. The molecular weight excluding hydrogens is 674 g/mol. The molecule has 2 aromatic carbocycles. The van der Waals surface area contributed by atoms with E-state index in [0.717, 1.165) is 18.4 Å². The predicted octanol–water partition coefficient (Wildman–Crippen LogP) is 5.56. The first kappa shape index (κ1) is 41.9. The van der Waals surface area contributed by atoms with Crippen LogP contribution in [0.15, 0.2) is 47.4 Å². The lowest BCUT2D eigenvalue weighted by molar-refractivity contribution is -0.143. The van der Waals surface area contributed by atoms with Crippen molar-refractivity contribution < 1.29 is 42.1 Å². The number of aryl methyl sites for hydroxylation is 1. The second kappa shape index (κ2) is 20.5. The molecule has 13 heteroatoms. The number of fused-ring (bicyclic) bond motifs is 1. The molecule has 0 unspecified atom stereocenters. The maximum Gasteiger partial charge on any atom is 0.305 e. The zero-order valence-corrected chi connectivity index (χ0v) is 31.9. The van der Waals surface area contributed by atoms with Gasteiger partial charge < -0.3 is 29.5 Å². The number of esters is 1. The summed E-state index contributed by atoms with van der Waals surface area (Å²) in [4.78, 5) is 40.5. The fraction of sp³-hybridized carbons (Fsp3) is 0.605. The first-order chi connectivity index (χ1) is 24.3. The zero-order valence-electron chi connectivity index (χ0n) is 31.1. The van der Waals surface area contributed by atoms with Crippen LogP contribution < -0.4 is 10.1 Å². The number of aliphatic hydroxyl groups is 1. The number of amides is 2. The number of carbonyl (C=O) groups excluding carboxylic acids is 3. The Morgan fingerprint density at radius 3 is 2.47 bits per heavy atom. The molecule has 4 atom stereocenters. The molecule has 0 bridgehead atoms. The van der Waals surface area contributed by atoms with Crippen molar-refractivity contribution in [3.05, 3.63) is 53.6 Å². The summed E-state index contributed by atoms with van der Waals surface area (Å²) < 4.78 is 45.8. The number of unbranched alkanes of at least 4 members (excludes halogenated alkanes) is 2. The number of likely N-dealkylation sites (N-methyl/N-ethyl adjacent to an activating group) is 1. The summed E-state index contributed by atoms with van der Waals surface area (Å²) in [7, 11) is -2.27. The molecule has 3 rings (SSSR count). The van der Waals surface area contributed by atoms with Crippen LogP contribution in [0.1, 0.15) is 95.0 Å². The molecule has 1 heterocycles. The average Bonchev–Trinajstić information content (AvgIpc) is 3.09. The molecule has 0 aliphatic carbocycles. The van der Waals surface area contributed by atoms with Gasteiger partial charge in [-0.2, -0.15) is 4.31 Å². The van der Waals surface area contributed by atoms with Gasteiger partial charge in [0.05, 0.1) is 41.9 Å². The maximum absolute atomic E-state index is 14.4. The van der Waals surface area contributed by atoms with Crippen molar-refractivity contribution in [2.45, 2.75) is 109 Å². The molecule has 284 valence electrons. The Kier molecular flexibility index (Phi) is 16.8. The molecule has 0 spiro atoms. The van der Waals surface area contributed by atoms with E-state index in [9.17, 15) is 27.9 Å². The summed E-state index contributed by atoms with van der Waals surface area (Å²) in [5, 5.41) is 13.1. The van der Waals surface area contributed by atoms with Crippen LogP contribution in [0.2, 0.25) is 0 Å². The lowest BCUT2D eigenvalue weighted by Crippen LogP contribution is -2.48. The van der Waals surface area contributed by atoms with Crippen LogP contribution in [0.3, 0.4) is 0 Å². The highest BCUT2D eigenvalue weighted by Crippen LogP contribution is 2.29. The van der Waals surface area contributed by atoms with Gasteiger partial charge in [0.1, 0.15) is 5.75 Å². The van der Waals surface area contributed by atoms with E-state index in [-0.39, 0.29) is 60.5 Å². The van der Waals surface area contributed by atoms with Gasteiger partial charge >= 0.3 is 5.97 Å². The van der Waals surface area contributed by atoms with Crippen LogP contribution in [0.25, 0.3) is 0 Å². The van der Waals surface area contributed by atoms with E-state index < -0.39 is 28.1 Å². The third-order valence-electron chi connectivity index (χ3n) is 9.09. The fourth-order valence-electron chi connectivity index (χ4n) is 5.89. The van der Waals surface area contributed by atoms with Crippen molar-refractivity contribution in [1.82, 2.24) is 9.21 Å². The summed E-state index contributed by atoms with van der Waals surface area (Å²) in [5.74, 6) is -0.796. The third kappa shape index (κ3) is 12.9. The Morgan fingerprint density at radius 2 is 1.78 bits per heavy atom. The standard InChI is InChI=1S/C38H57N3O9S/c1-7-48-37(44)15-10-8-9-14-36(43)39-31-18-21-34-33(23-31)38(45)41(29(4)26-42)24-28(3)35(49-22-12-11-13-30(5)50-34)25-40(6)51(46,47)32-19-16-27(2)17-20-32/h16-21,23,28-30,35,42H,7-15,22,24-26H2,1-6H3,(H,39,43)/t28-,29-,30+,35-/m1/s1. The topological polar surface area (TPSA) is 152 Å². The Morgan fingerprint density at radius 1 is 1.08 bits per heavy atom. The maximum atomic E-state index is 14.4. The summed E-state index contributed by atoms with van der Waals surface area (Å²) in [6.07, 6.45) is 3.97. The van der Waals surface area contributed by atoms with Crippen LogP contribution >= 0.6 is 0 Å². The van der Waals surface area contributed by atoms with Crippen LogP contribution in [-0.2, 0) is 29.1 Å². The van der Waals surface area contributed by atoms with Crippen LogP contribution in [0.4, 0.5) is 5.69 Å². The number of benzene rings is 2. The Balaban J connectivity index is 1.84. The molecule has 2 N–H and O–H groups in total. The summed E-state index contributed by atoms with van der Waals surface area (Å²) in [6, 6.07) is 11.1. The molecule has 0 aromatic heterocycles. The molecule has 0 fully saturated rings. The number of sulfonamides is 1. The van der Waals surface area contributed by atoms with Crippen LogP contribution in [0.5, 0.6) is 5.75 Å². The molecule has 12 nitrogen and oxygen atoms in total. The minimum Gasteiger partial charge on any atom is -0.490 e. The van der Waals surface area contributed by atoms with Gasteiger partial charge in [0.25, 0.3) is 5.91 Å². The second-order valence-corrected chi connectivity index (χ2v) is 15.6. The average molecular weight is 732 g/mol. The van der Waals surface area contributed by atoms with Crippen LogP contribution in [-0.4, -0.2) is 98.7 Å². The Hall–Kier alpha value is -3.52. The van der Waals surface area contributed by atoms with E-state index in [1.807, 2.05) is 20.8 Å². The van der Waals surface area contributed by atoms with E-state index in [1.165, 1.54) is 11.4 Å². The Bertz CT molecular complexity index is 1530. The van der Waals surface area contributed by atoms with Gasteiger partial charge in [-0.1, -0.05) is 31.0 Å². The van der Waals surface area contributed by atoms with Crippen molar-refractivity contribution in [1.29, 1.82) is 0 Å². The van der Waals surface area contributed by atoms with E-state index in [4.69, 9.17) is 14.2 Å². The van der Waals surface area contributed by atoms with Crippen molar-refractivity contribution in [2.24, 2.45) is 5.92 Å². The molecule has 0 radical (unpaired) electrons. The normalized spacial score (nSPS) is 19.8. The van der Waals surface area contributed by atoms with Crippen molar-refractivity contribution in [3.8, 4) is 5.75 Å². The Labute approximate surface area is 303 Å². The number of ether oxygens (including phenoxy) is 3. The highest BCUT2D eigenvalue weighted by molar-refractivity contribution is 7.89. The second-order valence-electron chi connectivity index (χ2n) is 13.5. The lowest BCUT2D eigenvalue weighted by Gasteiger charge is -2.35. The molecule has 51 heavy (non-hydrogen) atoms. The fourth-order valence-corrected chi connectivity index (χ4v) is 7.08. The monoisotopic (exact) mass is 731 g/mol. The molecular formula is C38H57N3O9S. The number of hydrogen-bond donors (Lipinski definition) is 2. The summed E-state index contributed by atoms with van der Waals surface area (Å²) in [5.41, 5.74) is 1.64. The van der Waals surface area contributed by atoms with Crippen LogP contribution in [0, 0.1) is 12.8 Å². The molecule has 2 aromatic rings. The number of nitrogens with one attached hydrogen (secondary N) is 1. The van der Waals surface area contributed by atoms with Gasteiger partial charge in [-0.25, -0.2) is 8.42 Å². The van der Waals surface area contributed by atoms with E-state index in [2.05, 4.69) is 5.32 Å². The quantitative estimate of drug-likeness (QED) is 0.188. The number of hydrogen-bond acceptors (Lipinski definition) is 9. The van der Waals surface area contributed by atoms with E-state index in [1.54, 1.807) is 61.2 Å². The third-order valence-corrected chi connectivity index (χ3v) is 10.9. The number of rotatable bonds is 14. The molecule has 1 aliphatic heterocycles. The molecule has 0 saturated carbocycles. The highest BCUT2D eigenvalue weighted by atomic mass is 32.2. The van der Waals surface area contributed by atoms with E-state index in [0.29, 0.717) is 56.8 Å². The molecule has 1 aliphatic rings. The van der Waals surface area contributed by atoms with Crippen molar-refractivity contribution in [3.63, 3.8) is 0 Å². The predicted molar refractivity (Wildman–Crippen MR) is 196 cm³/mol. The van der Waals surface area contributed by atoms with Gasteiger partial charge in [0.2, 0.25) is 15.9 Å². The number of carbonyl (C=O) groups is 3. The smallest absolute Gasteiger partial charge is 0.305 e. The minimum absolute atomic E-state index is 0.0714. The van der Waals surface area contributed by atoms with Gasteiger partial charge in [-0.15, -0.1) is 0 Å². The first-order valence-corrected chi connectivity index (χ1v) is 19.5. The van der Waals surface area contributed by atoms with E-state index >= 15 is 0 Å². The largest absolute Gasteiger partial charge is 0.490 e. The number of aliphatic hydroxyl groups excluding tert-OH is 1. The zero-order chi connectivity index (χ0) is 37.6. The van der Waals surface area contributed by atoms with Crippen molar-refractivity contribution >= 4 is 33.5 Å².